The zero-order valence-electron chi connectivity index (χ0n) is 9.33. The molecule has 1 N–H and O–H groups in total. The van der Waals surface area contributed by atoms with Gasteiger partial charge in [0.1, 0.15) is 0 Å². The Bertz CT molecular complexity index is 439. The van der Waals surface area contributed by atoms with Crippen molar-refractivity contribution in [2.24, 2.45) is 0 Å². The van der Waals surface area contributed by atoms with Crippen molar-refractivity contribution in [1.29, 1.82) is 0 Å². The molecule has 0 unspecified atom stereocenters. The van der Waals surface area contributed by atoms with Gasteiger partial charge in [0, 0.05) is 14.1 Å². The molecule has 4 heteroatoms. The number of benzene rings is 1. The van der Waals surface area contributed by atoms with Gasteiger partial charge in [-0.3, -0.25) is 4.79 Å². The minimum atomic E-state index is -0.737. The normalized spacial score (nSPS) is 16.9. The lowest BCUT2D eigenvalue weighted by atomic mass is 9.95. The first-order valence-corrected chi connectivity index (χ1v) is 5.56. The molecule has 0 heterocycles. The van der Waals surface area contributed by atoms with Crippen LogP contribution >= 0.6 is 11.6 Å². The zero-order chi connectivity index (χ0) is 11.9. The largest absolute Gasteiger partial charge is 0.481 e. The van der Waals surface area contributed by atoms with Gasteiger partial charge < -0.3 is 10.0 Å². The van der Waals surface area contributed by atoms with Crippen molar-refractivity contribution in [3.63, 3.8) is 0 Å². The average molecular weight is 240 g/mol. The Balaban J connectivity index is 2.44. The summed E-state index contributed by atoms with van der Waals surface area (Å²) >= 11 is 6.05. The highest BCUT2D eigenvalue weighted by molar-refractivity contribution is 6.33. The monoisotopic (exact) mass is 239 g/mol. The van der Waals surface area contributed by atoms with E-state index in [1.165, 1.54) is 0 Å². The lowest BCUT2D eigenvalue weighted by molar-refractivity contribution is -0.140. The van der Waals surface area contributed by atoms with Gasteiger partial charge in [-0.25, -0.2) is 0 Å². The Morgan fingerprint density at radius 3 is 2.50 bits per heavy atom. The Morgan fingerprint density at radius 1 is 1.44 bits per heavy atom. The number of rotatable bonds is 3. The van der Waals surface area contributed by atoms with E-state index in [4.69, 9.17) is 11.6 Å². The van der Waals surface area contributed by atoms with E-state index in [-0.39, 0.29) is 0 Å². The molecule has 86 valence electrons. The molecule has 1 aromatic rings. The van der Waals surface area contributed by atoms with Gasteiger partial charge in [-0.15, -0.1) is 0 Å². The number of carboxylic acid groups (broad SMARTS) is 1. The van der Waals surface area contributed by atoms with Gasteiger partial charge >= 0.3 is 5.97 Å². The average Bonchev–Trinajstić information content (AvgIpc) is 2.98. The summed E-state index contributed by atoms with van der Waals surface area (Å²) in [5.41, 5.74) is 1.06. The number of halogens is 1. The Labute approximate surface area is 99.6 Å². The van der Waals surface area contributed by atoms with Crippen molar-refractivity contribution in [1.82, 2.24) is 0 Å². The molecule has 0 atom stereocenters. The number of nitrogens with zero attached hydrogens (tertiary/aromatic N) is 1. The molecular weight excluding hydrogens is 226 g/mol. The molecular formula is C12H14ClNO2. The van der Waals surface area contributed by atoms with Gasteiger partial charge in [0.05, 0.1) is 16.1 Å². The molecule has 0 amide bonds. The second kappa shape index (κ2) is 3.67. The van der Waals surface area contributed by atoms with Crippen LogP contribution < -0.4 is 4.90 Å². The number of carbonyl (C=O) groups is 1. The van der Waals surface area contributed by atoms with Gasteiger partial charge in [-0.1, -0.05) is 17.7 Å². The molecule has 2 rings (SSSR count). The summed E-state index contributed by atoms with van der Waals surface area (Å²) in [7, 11) is 3.79. The van der Waals surface area contributed by atoms with E-state index in [1.807, 2.05) is 31.1 Å². The third-order valence-electron chi connectivity index (χ3n) is 3.14. The predicted molar refractivity (Wildman–Crippen MR) is 64.3 cm³/mol. The topological polar surface area (TPSA) is 40.5 Å². The van der Waals surface area contributed by atoms with Crippen LogP contribution in [0.1, 0.15) is 18.4 Å². The number of carboxylic acids is 1. The minimum Gasteiger partial charge on any atom is -0.481 e. The zero-order valence-corrected chi connectivity index (χ0v) is 10.1. The number of hydrogen-bond donors (Lipinski definition) is 1. The molecule has 0 radical (unpaired) electrons. The summed E-state index contributed by atoms with van der Waals surface area (Å²) in [5.74, 6) is -0.737. The van der Waals surface area contributed by atoms with Crippen LogP contribution in [-0.2, 0) is 10.2 Å². The number of aliphatic carboxylic acids is 1. The van der Waals surface area contributed by atoms with Crippen LogP contribution in [0, 0.1) is 0 Å². The highest BCUT2D eigenvalue weighted by atomic mass is 35.5. The van der Waals surface area contributed by atoms with Gasteiger partial charge in [0.15, 0.2) is 0 Å². The van der Waals surface area contributed by atoms with Crippen LogP contribution in [0.5, 0.6) is 0 Å². The molecule has 3 nitrogen and oxygen atoms in total. The Hall–Kier alpha value is -1.22. The van der Waals surface area contributed by atoms with Gasteiger partial charge in [-0.2, -0.15) is 0 Å². The highest BCUT2D eigenvalue weighted by Crippen LogP contribution is 2.49. The maximum atomic E-state index is 11.2. The first-order chi connectivity index (χ1) is 7.47. The molecule has 0 aromatic heterocycles. The standard InChI is InChI=1S/C12H14ClNO2/c1-14(2)10-7-8(3-4-9(10)13)12(5-6-12)11(15)16/h3-4,7H,5-6H2,1-2H3,(H,15,16). The fourth-order valence-corrected chi connectivity index (χ4v) is 2.19. The van der Waals surface area contributed by atoms with Crippen molar-refractivity contribution < 1.29 is 9.90 Å². The molecule has 0 bridgehead atoms. The molecule has 0 aliphatic heterocycles. The first kappa shape index (κ1) is 11.3. The smallest absolute Gasteiger partial charge is 0.314 e. The molecule has 16 heavy (non-hydrogen) atoms. The maximum Gasteiger partial charge on any atom is 0.314 e. The van der Waals surface area contributed by atoms with Gasteiger partial charge in [0.25, 0.3) is 0 Å². The third-order valence-corrected chi connectivity index (χ3v) is 3.46. The van der Waals surface area contributed by atoms with Gasteiger partial charge in [0.2, 0.25) is 0 Å². The molecule has 1 saturated carbocycles. The van der Waals surface area contributed by atoms with Crippen molar-refractivity contribution in [3.8, 4) is 0 Å². The maximum absolute atomic E-state index is 11.2. The van der Waals surface area contributed by atoms with E-state index in [1.54, 1.807) is 6.07 Å². The summed E-state index contributed by atoms with van der Waals surface area (Å²) in [6.45, 7) is 0. The van der Waals surface area contributed by atoms with E-state index < -0.39 is 11.4 Å². The number of hydrogen-bond acceptors (Lipinski definition) is 2. The van der Waals surface area contributed by atoms with Crippen LogP contribution in [0.15, 0.2) is 18.2 Å². The predicted octanol–water partition coefficient (Wildman–Crippen LogP) is 2.52. The quantitative estimate of drug-likeness (QED) is 0.881. The fourth-order valence-electron chi connectivity index (χ4n) is 1.90. The Kier molecular flexibility index (Phi) is 2.58. The van der Waals surface area contributed by atoms with Crippen LogP contribution in [0.4, 0.5) is 5.69 Å². The van der Waals surface area contributed by atoms with Crippen molar-refractivity contribution in [2.45, 2.75) is 18.3 Å². The lowest BCUT2D eigenvalue weighted by Gasteiger charge is -2.18. The van der Waals surface area contributed by atoms with E-state index in [0.29, 0.717) is 5.02 Å². The van der Waals surface area contributed by atoms with Crippen LogP contribution in [0.25, 0.3) is 0 Å². The molecule has 0 spiro atoms. The summed E-state index contributed by atoms with van der Waals surface area (Å²) < 4.78 is 0. The second-order valence-electron chi connectivity index (χ2n) is 4.45. The van der Waals surface area contributed by atoms with Crippen LogP contribution in [0.2, 0.25) is 5.02 Å². The van der Waals surface area contributed by atoms with E-state index in [9.17, 15) is 9.90 Å². The highest BCUT2D eigenvalue weighted by Gasteiger charge is 2.51. The molecule has 0 saturated heterocycles. The SMILES string of the molecule is CN(C)c1cc(C2(C(=O)O)CC2)ccc1Cl. The minimum absolute atomic E-state index is 0.648. The number of anilines is 1. The fraction of sp³-hybridized carbons (Fsp3) is 0.417. The molecule has 1 fully saturated rings. The second-order valence-corrected chi connectivity index (χ2v) is 4.86. The third kappa shape index (κ3) is 1.65. The molecule has 1 aliphatic carbocycles. The van der Waals surface area contributed by atoms with Crippen LogP contribution in [-0.4, -0.2) is 25.2 Å². The van der Waals surface area contributed by atoms with Crippen LogP contribution in [0.3, 0.4) is 0 Å². The molecule has 1 aromatic carbocycles. The lowest BCUT2D eigenvalue weighted by Crippen LogP contribution is -2.20. The summed E-state index contributed by atoms with van der Waals surface area (Å²) in [5, 5.41) is 9.86. The first-order valence-electron chi connectivity index (χ1n) is 5.18. The van der Waals surface area contributed by atoms with E-state index >= 15 is 0 Å². The van der Waals surface area contributed by atoms with E-state index in [0.717, 1.165) is 24.1 Å². The summed E-state index contributed by atoms with van der Waals surface area (Å²) in [4.78, 5) is 13.1. The Morgan fingerprint density at radius 2 is 2.06 bits per heavy atom. The molecule has 1 aliphatic rings. The van der Waals surface area contributed by atoms with Crippen molar-refractivity contribution in [3.05, 3.63) is 28.8 Å². The van der Waals surface area contributed by atoms with Crippen molar-refractivity contribution in [2.75, 3.05) is 19.0 Å². The van der Waals surface area contributed by atoms with Crippen molar-refractivity contribution >= 4 is 23.3 Å². The van der Waals surface area contributed by atoms with E-state index in [2.05, 4.69) is 0 Å². The summed E-state index contributed by atoms with van der Waals surface area (Å²) in [6.07, 6.45) is 1.44. The summed E-state index contributed by atoms with van der Waals surface area (Å²) in [6, 6.07) is 5.47. The van der Waals surface area contributed by atoms with Gasteiger partial charge in [-0.05, 0) is 30.5 Å².